The number of thioether (sulfide) groups is 1. The number of H-pyrrole nitrogens is 1. The van der Waals surface area contributed by atoms with Crippen LogP contribution in [0.4, 0.5) is 5.69 Å². The summed E-state index contributed by atoms with van der Waals surface area (Å²) in [5.74, 6) is 6.64. The molecule has 0 unspecified atom stereocenters. The lowest BCUT2D eigenvalue weighted by molar-refractivity contribution is -0.113. The van der Waals surface area contributed by atoms with Gasteiger partial charge in [0.15, 0.2) is 0 Å². The Kier molecular flexibility index (Phi) is 5.53. The maximum atomic E-state index is 12.4. The Bertz CT molecular complexity index is 1180. The van der Waals surface area contributed by atoms with Crippen molar-refractivity contribution in [3.05, 3.63) is 65.7 Å². The van der Waals surface area contributed by atoms with E-state index in [1.807, 2.05) is 68.4 Å². The third kappa shape index (κ3) is 4.06. The predicted octanol–water partition coefficient (Wildman–Crippen LogP) is 3.40. The summed E-state index contributed by atoms with van der Waals surface area (Å²) in [6.07, 6.45) is 0. The lowest BCUT2D eigenvalue weighted by Crippen LogP contribution is -2.17. The fraction of sp³-hybridized carbons (Fsp3) is 0.143. The van der Waals surface area contributed by atoms with Gasteiger partial charge >= 0.3 is 0 Å². The number of rotatable bonds is 6. The number of nitrogens with zero attached hydrogens (tertiary/aromatic N) is 4. The van der Waals surface area contributed by atoms with Crippen LogP contribution in [-0.2, 0) is 4.79 Å². The monoisotopic (exact) mass is 419 g/mol. The first-order valence-electron chi connectivity index (χ1n) is 9.33. The molecule has 1 amide bonds. The molecule has 0 aliphatic heterocycles. The molecule has 0 saturated heterocycles. The molecule has 0 saturated carbocycles. The zero-order chi connectivity index (χ0) is 21.1. The molecule has 0 bridgehead atoms. The first-order chi connectivity index (χ1) is 14.5. The van der Waals surface area contributed by atoms with E-state index in [0.29, 0.717) is 16.7 Å². The number of nitrogens with one attached hydrogen (secondary N) is 2. The molecule has 0 atom stereocenters. The molecule has 0 aliphatic rings. The van der Waals surface area contributed by atoms with E-state index in [1.165, 1.54) is 16.4 Å². The van der Waals surface area contributed by atoms with E-state index in [1.54, 1.807) is 0 Å². The number of anilines is 1. The zero-order valence-electron chi connectivity index (χ0n) is 16.6. The molecule has 4 rings (SSSR count). The lowest BCUT2D eigenvalue weighted by Gasteiger charge is -2.10. The first kappa shape index (κ1) is 19.7. The van der Waals surface area contributed by atoms with Gasteiger partial charge in [-0.25, -0.2) is 4.68 Å². The van der Waals surface area contributed by atoms with Gasteiger partial charge < -0.3 is 11.2 Å². The van der Waals surface area contributed by atoms with Crippen LogP contribution in [0.5, 0.6) is 0 Å². The second-order valence-corrected chi connectivity index (χ2v) is 7.74. The number of nitrogen functional groups attached to an aromatic ring is 1. The molecular formula is C21H21N7OS. The molecule has 4 N–H and O–H groups in total. The second-order valence-electron chi connectivity index (χ2n) is 6.79. The van der Waals surface area contributed by atoms with E-state index in [-0.39, 0.29) is 11.7 Å². The Hall–Kier alpha value is -3.59. The number of amides is 1. The van der Waals surface area contributed by atoms with Crippen LogP contribution < -0.4 is 11.2 Å². The number of aromatic amines is 1. The van der Waals surface area contributed by atoms with Crippen molar-refractivity contribution in [3.8, 4) is 22.8 Å². The van der Waals surface area contributed by atoms with Crippen molar-refractivity contribution >= 4 is 23.4 Å². The van der Waals surface area contributed by atoms with E-state index >= 15 is 0 Å². The highest BCUT2D eigenvalue weighted by Crippen LogP contribution is 2.25. The zero-order valence-corrected chi connectivity index (χ0v) is 17.4. The fourth-order valence-electron chi connectivity index (χ4n) is 2.96. The molecule has 152 valence electrons. The molecule has 0 spiro atoms. The average Bonchev–Trinajstić information content (AvgIpc) is 3.37. The van der Waals surface area contributed by atoms with Crippen LogP contribution in [0.15, 0.2) is 59.8 Å². The highest BCUT2D eigenvalue weighted by molar-refractivity contribution is 7.99. The quantitative estimate of drug-likeness (QED) is 0.326. The number of carbonyl (C=O) groups excluding carboxylic acids is 1. The largest absolute Gasteiger partial charge is 0.335 e. The van der Waals surface area contributed by atoms with Crippen LogP contribution in [0.2, 0.25) is 0 Å². The molecular weight excluding hydrogens is 398 g/mol. The van der Waals surface area contributed by atoms with Crippen LogP contribution in [-0.4, -0.2) is 36.7 Å². The highest BCUT2D eigenvalue weighted by atomic mass is 32.2. The van der Waals surface area contributed by atoms with Crippen LogP contribution in [0, 0.1) is 13.8 Å². The molecule has 0 fully saturated rings. The SMILES string of the molecule is Cc1cccc(NC(=O)CSc2nnc(-c3cc(-c4ccccc4)n[nH]3)n2N)c1C. The minimum Gasteiger partial charge on any atom is -0.335 e. The standard InChI is InChI=1S/C21H21N7OS/c1-13-7-6-10-16(14(13)2)23-19(29)12-30-21-27-26-20(28(21)22)18-11-17(24-25-18)15-8-4-3-5-9-15/h3-11H,12,22H2,1-2H3,(H,23,29)(H,24,25). The molecule has 0 radical (unpaired) electrons. The number of carbonyl (C=O) groups is 1. The van der Waals surface area contributed by atoms with Gasteiger partial charge in [0.25, 0.3) is 0 Å². The third-order valence-electron chi connectivity index (χ3n) is 4.76. The van der Waals surface area contributed by atoms with Crippen LogP contribution in [0.3, 0.4) is 0 Å². The van der Waals surface area contributed by atoms with Crippen molar-refractivity contribution in [1.82, 2.24) is 25.1 Å². The lowest BCUT2D eigenvalue weighted by atomic mass is 10.1. The normalized spacial score (nSPS) is 10.9. The molecule has 2 heterocycles. The van der Waals surface area contributed by atoms with Crippen LogP contribution in [0.1, 0.15) is 11.1 Å². The summed E-state index contributed by atoms with van der Waals surface area (Å²) in [7, 11) is 0. The van der Waals surface area contributed by atoms with Gasteiger partial charge in [-0.05, 0) is 37.1 Å². The third-order valence-corrected chi connectivity index (χ3v) is 5.71. The van der Waals surface area contributed by atoms with Crippen molar-refractivity contribution in [1.29, 1.82) is 0 Å². The van der Waals surface area contributed by atoms with E-state index < -0.39 is 0 Å². The van der Waals surface area contributed by atoms with Crippen molar-refractivity contribution in [2.24, 2.45) is 0 Å². The van der Waals surface area contributed by atoms with E-state index in [2.05, 4.69) is 25.7 Å². The van der Waals surface area contributed by atoms with Gasteiger partial charge in [0.1, 0.15) is 5.69 Å². The first-order valence-corrected chi connectivity index (χ1v) is 10.3. The topological polar surface area (TPSA) is 115 Å². The van der Waals surface area contributed by atoms with Gasteiger partial charge in [0.05, 0.1) is 11.4 Å². The molecule has 2 aromatic heterocycles. The van der Waals surface area contributed by atoms with E-state index in [4.69, 9.17) is 5.84 Å². The molecule has 2 aromatic carbocycles. The molecule has 4 aromatic rings. The van der Waals surface area contributed by atoms with Crippen molar-refractivity contribution < 1.29 is 4.79 Å². The van der Waals surface area contributed by atoms with Crippen molar-refractivity contribution in [2.45, 2.75) is 19.0 Å². The number of aromatic nitrogens is 5. The van der Waals surface area contributed by atoms with Gasteiger partial charge in [-0.2, -0.15) is 5.10 Å². The van der Waals surface area contributed by atoms with Crippen molar-refractivity contribution in [3.63, 3.8) is 0 Å². The molecule has 8 nitrogen and oxygen atoms in total. The van der Waals surface area contributed by atoms with Gasteiger partial charge in [0.2, 0.25) is 16.9 Å². The maximum Gasteiger partial charge on any atom is 0.234 e. The molecule has 9 heteroatoms. The summed E-state index contributed by atoms with van der Waals surface area (Å²) in [5, 5.41) is 18.9. The predicted molar refractivity (Wildman–Crippen MR) is 118 cm³/mol. The maximum absolute atomic E-state index is 12.4. The highest BCUT2D eigenvalue weighted by Gasteiger charge is 2.16. The van der Waals surface area contributed by atoms with Gasteiger partial charge in [-0.1, -0.05) is 54.2 Å². The number of hydrogen-bond acceptors (Lipinski definition) is 6. The van der Waals surface area contributed by atoms with E-state index in [0.717, 1.165) is 28.1 Å². The Morgan fingerprint density at radius 2 is 1.93 bits per heavy atom. The fourth-order valence-corrected chi connectivity index (χ4v) is 3.61. The Labute approximate surface area is 177 Å². The van der Waals surface area contributed by atoms with Crippen LogP contribution >= 0.6 is 11.8 Å². The summed E-state index contributed by atoms with van der Waals surface area (Å²) in [4.78, 5) is 12.4. The average molecular weight is 420 g/mol. The van der Waals surface area contributed by atoms with Crippen LogP contribution in [0.25, 0.3) is 22.8 Å². The number of hydrogen-bond donors (Lipinski definition) is 3. The summed E-state index contributed by atoms with van der Waals surface area (Å²) in [5.41, 5.74) is 5.41. The summed E-state index contributed by atoms with van der Waals surface area (Å²) >= 11 is 1.22. The minimum absolute atomic E-state index is 0.133. The molecule has 0 aliphatic carbocycles. The van der Waals surface area contributed by atoms with E-state index in [9.17, 15) is 4.79 Å². The van der Waals surface area contributed by atoms with Gasteiger partial charge in [0, 0.05) is 11.3 Å². The minimum atomic E-state index is -0.133. The number of benzene rings is 2. The summed E-state index contributed by atoms with van der Waals surface area (Å²) < 4.78 is 1.36. The smallest absolute Gasteiger partial charge is 0.234 e. The Morgan fingerprint density at radius 3 is 2.73 bits per heavy atom. The molecule has 30 heavy (non-hydrogen) atoms. The summed E-state index contributed by atoms with van der Waals surface area (Å²) in [6, 6.07) is 17.5. The van der Waals surface area contributed by atoms with Gasteiger partial charge in [-0.15, -0.1) is 10.2 Å². The Balaban J connectivity index is 1.43. The second kappa shape index (κ2) is 8.42. The number of nitrogens with two attached hydrogens (primary N) is 1. The van der Waals surface area contributed by atoms with Gasteiger partial charge in [-0.3, -0.25) is 9.89 Å². The number of aryl methyl sites for hydroxylation is 1. The van der Waals surface area contributed by atoms with Crippen molar-refractivity contribution in [2.75, 3.05) is 16.9 Å². The Morgan fingerprint density at radius 1 is 1.13 bits per heavy atom. The summed E-state index contributed by atoms with van der Waals surface area (Å²) in [6.45, 7) is 3.99.